The third-order valence-corrected chi connectivity index (χ3v) is 2.81. The van der Waals surface area contributed by atoms with Gasteiger partial charge < -0.3 is 9.84 Å². The van der Waals surface area contributed by atoms with E-state index in [9.17, 15) is 9.18 Å². The minimum absolute atomic E-state index is 0.189. The molecule has 5 nitrogen and oxygen atoms in total. The summed E-state index contributed by atoms with van der Waals surface area (Å²) in [6, 6.07) is 5.76. The van der Waals surface area contributed by atoms with Crippen molar-refractivity contribution in [2.45, 2.75) is 39.0 Å². The lowest BCUT2D eigenvalue weighted by molar-refractivity contribution is -0.116. The molecule has 0 saturated heterocycles. The summed E-state index contributed by atoms with van der Waals surface area (Å²) in [5.74, 6) is 0.424. The number of amides is 1. The van der Waals surface area contributed by atoms with Crippen LogP contribution in [0.4, 0.5) is 10.1 Å². The number of carbonyl (C=O) groups excluding carboxylic acids is 1. The van der Waals surface area contributed by atoms with Crippen molar-refractivity contribution >= 4 is 11.6 Å². The van der Waals surface area contributed by atoms with Crippen LogP contribution in [0.1, 0.15) is 38.9 Å². The Balaban J connectivity index is 1.88. The van der Waals surface area contributed by atoms with E-state index in [-0.39, 0.29) is 23.6 Å². The molecule has 0 spiro atoms. The summed E-state index contributed by atoms with van der Waals surface area (Å²) in [6.45, 7) is 5.95. The first kappa shape index (κ1) is 15.2. The molecule has 1 aromatic heterocycles. The molecule has 0 unspecified atom stereocenters. The zero-order valence-electron chi connectivity index (χ0n) is 12.3. The number of benzene rings is 1. The van der Waals surface area contributed by atoms with Crippen molar-refractivity contribution in [3.05, 3.63) is 41.8 Å². The fraction of sp³-hybridized carbons (Fsp3) is 0.400. The maximum absolute atomic E-state index is 13.0. The smallest absolute Gasteiger partial charge is 0.227 e. The van der Waals surface area contributed by atoms with Gasteiger partial charge in [-0.2, -0.15) is 4.98 Å². The average molecular weight is 291 g/mol. The minimum Gasteiger partial charge on any atom is -0.339 e. The number of carbonyl (C=O) groups is 1. The molecule has 6 heteroatoms. The molecular formula is C15H18FN3O2. The topological polar surface area (TPSA) is 68.0 Å². The third-order valence-electron chi connectivity index (χ3n) is 2.81. The molecule has 0 atom stereocenters. The van der Waals surface area contributed by atoms with Crippen molar-refractivity contribution in [2.75, 3.05) is 5.32 Å². The lowest BCUT2D eigenvalue weighted by Crippen LogP contribution is -2.14. The van der Waals surface area contributed by atoms with Crippen molar-refractivity contribution in [3.63, 3.8) is 0 Å². The predicted molar refractivity (Wildman–Crippen MR) is 76.3 cm³/mol. The van der Waals surface area contributed by atoms with Crippen LogP contribution in [0.5, 0.6) is 0 Å². The molecule has 112 valence electrons. The highest BCUT2D eigenvalue weighted by atomic mass is 19.1. The number of nitrogens with one attached hydrogen (secondary N) is 1. The second-order valence-electron chi connectivity index (χ2n) is 5.82. The van der Waals surface area contributed by atoms with Gasteiger partial charge in [-0.1, -0.05) is 32.0 Å². The SMILES string of the molecule is CC(C)(C)c1noc(CCC(=O)Nc2cccc(F)c2)n1. The van der Waals surface area contributed by atoms with Crippen LogP contribution in [-0.4, -0.2) is 16.0 Å². The summed E-state index contributed by atoms with van der Waals surface area (Å²) in [6.07, 6.45) is 0.548. The highest BCUT2D eigenvalue weighted by molar-refractivity contribution is 5.90. The van der Waals surface area contributed by atoms with Crippen molar-refractivity contribution < 1.29 is 13.7 Å². The van der Waals surface area contributed by atoms with Crippen LogP contribution < -0.4 is 5.32 Å². The van der Waals surface area contributed by atoms with Crippen LogP contribution in [0.15, 0.2) is 28.8 Å². The van der Waals surface area contributed by atoms with Gasteiger partial charge in [-0.05, 0) is 18.2 Å². The first-order valence-electron chi connectivity index (χ1n) is 6.73. The van der Waals surface area contributed by atoms with E-state index < -0.39 is 0 Å². The number of anilines is 1. The Kier molecular flexibility index (Phi) is 4.35. The largest absolute Gasteiger partial charge is 0.339 e. The van der Waals surface area contributed by atoms with E-state index >= 15 is 0 Å². The molecule has 1 heterocycles. The predicted octanol–water partition coefficient (Wildman–Crippen LogP) is 3.08. The average Bonchev–Trinajstić information content (AvgIpc) is 2.85. The van der Waals surface area contributed by atoms with Crippen LogP contribution in [0, 0.1) is 5.82 Å². The van der Waals surface area contributed by atoms with Crippen LogP contribution in [0.25, 0.3) is 0 Å². The van der Waals surface area contributed by atoms with Crippen LogP contribution in [-0.2, 0) is 16.6 Å². The van der Waals surface area contributed by atoms with E-state index in [2.05, 4.69) is 15.5 Å². The molecule has 0 radical (unpaired) electrons. The Morgan fingerprint density at radius 2 is 2.14 bits per heavy atom. The van der Waals surface area contributed by atoms with Gasteiger partial charge in [-0.3, -0.25) is 4.79 Å². The number of hydrogen-bond donors (Lipinski definition) is 1. The molecule has 2 aromatic rings. The van der Waals surface area contributed by atoms with Crippen LogP contribution in [0.3, 0.4) is 0 Å². The van der Waals surface area contributed by atoms with Crippen LogP contribution in [0.2, 0.25) is 0 Å². The summed E-state index contributed by atoms with van der Waals surface area (Å²) < 4.78 is 18.1. The minimum atomic E-state index is -0.389. The fourth-order valence-corrected chi connectivity index (χ4v) is 1.67. The standard InChI is InChI=1S/C15H18FN3O2/c1-15(2,3)14-18-13(21-19-14)8-7-12(20)17-11-6-4-5-10(16)9-11/h4-6,9H,7-8H2,1-3H3,(H,17,20). The maximum atomic E-state index is 13.0. The number of nitrogens with zero attached hydrogens (tertiary/aromatic N) is 2. The molecule has 21 heavy (non-hydrogen) atoms. The molecule has 0 fully saturated rings. The summed E-state index contributed by atoms with van der Waals surface area (Å²) in [4.78, 5) is 16.0. The second-order valence-corrected chi connectivity index (χ2v) is 5.82. The number of rotatable bonds is 4. The van der Waals surface area contributed by atoms with Crippen molar-refractivity contribution in [1.82, 2.24) is 10.1 Å². The first-order chi connectivity index (χ1) is 9.84. The zero-order valence-corrected chi connectivity index (χ0v) is 12.3. The van der Waals surface area contributed by atoms with Gasteiger partial charge in [0.15, 0.2) is 5.82 Å². The highest BCUT2D eigenvalue weighted by Gasteiger charge is 2.21. The number of aryl methyl sites for hydroxylation is 1. The monoisotopic (exact) mass is 291 g/mol. The van der Waals surface area contributed by atoms with Gasteiger partial charge in [-0.15, -0.1) is 0 Å². The van der Waals surface area contributed by atoms with Gasteiger partial charge in [0, 0.05) is 23.9 Å². The molecule has 0 aliphatic heterocycles. The molecule has 0 saturated carbocycles. The number of hydrogen-bond acceptors (Lipinski definition) is 4. The molecule has 1 aromatic carbocycles. The summed E-state index contributed by atoms with van der Waals surface area (Å²) >= 11 is 0. The summed E-state index contributed by atoms with van der Waals surface area (Å²) in [7, 11) is 0. The lowest BCUT2D eigenvalue weighted by atomic mass is 9.96. The van der Waals surface area contributed by atoms with E-state index in [0.717, 1.165) is 0 Å². The van der Waals surface area contributed by atoms with Gasteiger partial charge >= 0.3 is 0 Å². The summed E-state index contributed by atoms with van der Waals surface area (Å²) in [5, 5.41) is 6.51. The summed E-state index contributed by atoms with van der Waals surface area (Å²) in [5.41, 5.74) is 0.242. The van der Waals surface area contributed by atoms with Gasteiger partial charge in [0.05, 0.1) is 0 Å². The lowest BCUT2D eigenvalue weighted by Gasteiger charge is -2.10. The van der Waals surface area contributed by atoms with E-state index in [1.807, 2.05) is 20.8 Å². The molecule has 0 aliphatic rings. The van der Waals surface area contributed by atoms with E-state index in [4.69, 9.17) is 4.52 Å². The maximum Gasteiger partial charge on any atom is 0.227 e. The molecule has 0 aliphatic carbocycles. The van der Waals surface area contributed by atoms with Crippen molar-refractivity contribution in [2.24, 2.45) is 0 Å². The Bertz CT molecular complexity index is 632. The van der Waals surface area contributed by atoms with Crippen LogP contribution >= 0.6 is 0 Å². The zero-order chi connectivity index (χ0) is 15.5. The van der Waals surface area contributed by atoms with Gasteiger partial charge in [0.25, 0.3) is 0 Å². The first-order valence-corrected chi connectivity index (χ1v) is 6.73. The molecule has 0 bridgehead atoms. The third kappa shape index (κ3) is 4.37. The Hall–Kier alpha value is -2.24. The Morgan fingerprint density at radius 1 is 1.38 bits per heavy atom. The van der Waals surface area contributed by atoms with E-state index in [1.165, 1.54) is 12.1 Å². The number of halogens is 1. The molecule has 2 rings (SSSR count). The van der Waals surface area contributed by atoms with Crippen molar-refractivity contribution in [1.29, 1.82) is 0 Å². The second kappa shape index (κ2) is 6.03. The quantitative estimate of drug-likeness (QED) is 0.940. The van der Waals surface area contributed by atoms with Gasteiger partial charge in [0.1, 0.15) is 5.82 Å². The van der Waals surface area contributed by atoms with Crippen molar-refractivity contribution in [3.8, 4) is 0 Å². The Morgan fingerprint density at radius 3 is 2.76 bits per heavy atom. The molecule has 1 amide bonds. The van der Waals surface area contributed by atoms with Gasteiger partial charge in [0.2, 0.25) is 11.8 Å². The van der Waals surface area contributed by atoms with E-state index in [0.29, 0.717) is 23.8 Å². The van der Waals surface area contributed by atoms with Gasteiger partial charge in [-0.25, -0.2) is 4.39 Å². The Labute approximate surface area is 122 Å². The van der Waals surface area contributed by atoms with E-state index in [1.54, 1.807) is 12.1 Å². The fourth-order valence-electron chi connectivity index (χ4n) is 1.67. The number of aromatic nitrogens is 2. The highest BCUT2D eigenvalue weighted by Crippen LogP contribution is 2.18. The molecule has 1 N–H and O–H groups in total. The normalized spacial score (nSPS) is 11.4. The molecular weight excluding hydrogens is 273 g/mol.